The predicted octanol–water partition coefficient (Wildman–Crippen LogP) is 0.447. The number of nitrogens with zero attached hydrogens (tertiary/aromatic N) is 2. The maximum atomic E-state index is 5.70. The lowest BCUT2D eigenvalue weighted by Gasteiger charge is -2.30. The number of aromatic nitrogens is 2. The summed E-state index contributed by atoms with van der Waals surface area (Å²) in [6.07, 6.45) is 0.307. The van der Waals surface area contributed by atoms with E-state index in [1.807, 2.05) is 6.92 Å². The van der Waals surface area contributed by atoms with Gasteiger partial charge in [0.25, 0.3) is 0 Å². The molecule has 2 N–H and O–H groups in total. The Morgan fingerprint density at radius 2 is 2.35 bits per heavy atom. The van der Waals surface area contributed by atoms with Gasteiger partial charge in [0.05, 0.1) is 18.4 Å². The monoisotopic (exact) mass is 238 g/mol. The van der Waals surface area contributed by atoms with Gasteiger partial charge in [0.15, 0.2) is 0 Å². The van der Waals surface area contributed by atoms with E-state index in [2.05, 4.69) is 34.4 Å². The molecule has 0 bridgehead atoms. The molecule has 1 aromatic heterocycles. The zero-order valence-corrected chi connectivity index (χ0v) is 10.9. The predicted molar refractivity (Wildman–Crippen MR) is 67.0 cm³/mol. The minimum atomic E-state index is 0.307. The van der Waals surface area contributed by atoms with Gasteiger partial charge in [-0.25, -0.2) is 0 Å². The average Bonchev–Trinajstić information content (AvgIpc) is 2.61. The molecule has 1 aromatic rings. The third-order valence-corrected chi connectivity index (χ3v) is 3.30. The molecular formula is C12H22N4O. The molecule has 2 rings (SSSR count). The first-order chi connectivity index (χ1) is 8.16. The molecule has 0 spiro atoms. The summed E-state index contributed by atoms with van der Waals surface area (Å²) in [5.41, 5.74) is 3.50. The Bertz CT molecular complexity index is 344. The van der Waals surface area contributed by atoms with E-state index in [1.165, 1.54) is 5.56 Å². The van der Waals surface area contributed by atoms with E-state index in [4.69, 9.17) is 4.74 Å². The van der Waals surface area contributed by atoms with Crippen LogP contribution in [0, 0.1) is 13.8 Å². The summed E-state index contributed by atoms with van der Waals surface area (Å²) in [4.78, 5) is 2.31. The van der Waals surface area contributed by atoms with Gasteiger partial charge in [-0.1, -0.05) is 0 Å². The topological polar surface area (TPSA) is 53.2 Å². The van der Waals surface area contributed by atoms with E-state index >= 15 is 0 Å². The van der Waals surface area contributed by atoms with Crippen LogP contribution in [0.1, 0.15) is 17.0 Å². The molecule has 0 amide bonds. The largest absolute Gasteiger partial charge is 0.374 e. The van der Waals surface area contributed by atoms with Crippen molar-refractivity contribution in [3.8, 4) is 0 Å². The van der Waals surface area contributed by atoms with Gasteiger partial charge in [0.2, 0.25) is 0 Å². The number of hydrogen-bond donors (Lipinski definition) is 2. The van der Waals surface area contributed by atoms with Crippen LogP contribution in [0.25, 0.3) is 0 Å². The second-order valence-electron chi connectivity index (χ2n) is 4.80. The molecule has 17 heavy (non-hydrogen) atoms. The van der Waals surface area contributed by atoms with Gasteiger partial charge < -0.3 is 15.0 Å². The summed E-state index contributed by atoms with van der Waals surface area (Å²) < 4.78 is 5.70. The van der Waals surface area contributed by atoms with Crippen molar-refractivity contribution >= 4 is 0 Å². The fourth-order valence-corrected chi connectivity index (χ4v) is 2.18. The molecule has 1 unspecified atom stereocenters. The third kappa shape index (κ3) is 3.28. The van der Waals surface area contributed by atoms with Crippen molar-refractivity contribution in [2.24, 2.45) is 0 Å². The number of rotatable bonds is 4. The number of likely N-dealkylation sites (N-methyl/N-ethyl adjacent to an activating group) is 1. The number of ether oxygens (including phenoxy) is 1. The average molecular weight is 238 g/mol. The lowest BCUT2D eigenvalue weighted by atomic mass is 10.2. The Hall–Kier alpha value is -0.910. The number of morpholine rings is 1. The van der Waals surface area contributed by atoms with E-state index in [9.17, 15) is 0 Å². The number of nitrogens with one attached hydrogen (secondary N) is 2. The molecule has 0 saturated carbocycles. The lowest BCUT2D eigenvalue weighted by Crippen LogP contribution is -2.44. The molecule has 1 atom stereocenters. The van der Waals surface area contributed by atoms with Gasteiger partial charge in [-0.05, 0) is 20.9 Å². The Morgan fingerprint density at radius 3 is 3.00 bits per heavy atom. The smallest absolute Gasteiger partial charge is 0.0826 e. The van der Waals surface area contributed by atoms with Gasteiger partial charge in [0.1, 0.15) is 0 Å². The number of aromatic amines is 1. The fourth-order valence-electron chi connectivity index (χ4n) is 2.18. The lowest BCUT2D eigenvalue weighted by molar-refractivity contribution is -0.0182. The molecule has 1 aliphatic rings. The quantitative estimate of drug-likeness (QED) is 0.799. The van der Waals surface area contributed by atoms with Crippen LogP contribution in [0.4, 0.5) is 0 Å². The van der Waals surface area contributed by atoms with Crippen molar-refractivity contribution in [1.82, 2.24) is 20.4 Å². The molecule has 96 valence electrons. The van der Waals surface area contributed by atoms with E-state index in [0.717, 1.165) is 44.2 Å². The molecule has 0 radical (unpaired) electrons. The number of hydrogen-bond acceptors (Lipinski definition) is 4. The van der Waals surface area contributed by atoms with Crippen molar-refractivity contribution in [2.75, 3.05) is 33.3 Å². The first kappa shape index (κ1) is 12.5. The summed E-state index contributed by atoms with van der Waals surface area (Å²) in [6.45, 7) is 8.73. The van der Waals surface area contributed by atoms with Crippen LogP contribution in [-0.2, 0) is 11.3 Å². The Balaban J connectivity index is 1.76. The van der Waals surface area contributed by atoms with Crippen LogP contribution in [0.3, 0.4) is 0 Å². The molecule has 2 heterocycles. The van der Waals surface area contributed by atoms with Gasteiger partial charge in [-0.2, -0.15) is 5.10 Å². The van der Waals surface area contributed by atoms with Crippen LogP contribution in [0.15, 0.2) is 0 Å². The van der Waals surface area contributed by atoms with E-state index in [-0.39, 0.29) is 0 Å². The SMILES string of the molecule is Cc1n[nH]c(C)c1CNCC1CN(C)CCO1. The summed E-state index contributed by atoms with van der Waals surface area (Å²) in [6, 6.07) is 0. The van der Waals surface area contributed by atoms with Gasteiger partial charge >= 0.3 is 0 Å². The zero-order chi connectivity index (χ0) is 12.3. The Morgan fingerprint density at radius 1 is 1.53 bits per heavy atom. The van der Waals surface area contributed by atoms with Gasteiger partial charge in [-0.15, -0.1) is 0 Å². The standard InChI is InChI=1S/C12H22N4O/c1-9-12(10(2)15-14-9)7-13-6-11-8-16(3)4-5-17-11/h11,13H,4-8H2,1-3H3,(H,14,15). The Labute approximate surface area is 103 Å². The molecule has 1 aliphatic heterocycles. The molecule has 0 aromatic carbocycles. The highest BCUT2D eigenvalue weighted by Crippen LogP contribution is 2.09. The van der Waals surface area contributed by atoms with E-state index in [0.29, 0.717) is 6.10 Å². The second kappa shape index (κ2) is 5.62. The minimum absolute atomic E-state index is 0.307. The first-order valence-corrected chi connectivity index (χ1v) is 6.18. The van der Waals surface area contributed by atoms with Crippen LogP contribution in [-0.4, -0.2) is 54.5 Å². The highest BCUT2D eigenvalue weighted by molar-refractivity contribution is 5.22. The zero-order valence-electron chi connectivity index (χ0n) is 10.9. The maximum Gasteiger partial charge on any atom is 0.0826 e. The summed E-state index contributed by atoms with van der Waals surface area (Å²) in [5.74, 6) is 0. The van der Waals surface area contributed by atoms with Crippen molar-refractivity contribution < 1.29 is 4.74 Å². The van der Waals surface area contributed by atoms with Crippen LogP contribution >= 0.6 is 0 Å². The third-order valence-electron chi connectivity index (χ3n) is 3.30. The van der Waals surface area contributed by atoms with Crippen molar-refractivity contribution in [3.63, 3.8) is 0 Å². The second-order valence-corrected chi connectivity index (χ2v) is 4.80. The maximum absolute atomic E-state index is 5.70. The minimum Gasteiger partial charge on any atom is -0.374 e. The van der Waals surface area contributed by atoms with Crippen molar-refractivity contribution in [2.45, 2.75) is 26.5 Å². The van der Waals surface area contributed by atoms with Crippen LogP contribution in [0.2, 0.25) is 0 Å². The van der Waals surface area contributed by atoms with Crippen molar-refractivity contribution in [1.29, 1.82) is 0 Å². The molecule has 1 fully saturated rings. The summed E-state index contributed by atoms with van der Waals surface area (Å²) >= 11 is 0. The molecule has 5 nitrogen and oxygen atoms in total. The van der Waals surface area contributed by atoms with Crippen molar-refractivity contribution in [3.05, 3.63) is 17.0 Å². The molecule has 0 aliphatic carbocycles. The van der Waals surface area contributed by atoms with E-state index in [1.54, 1.807) is 0 Å². The van der Waals surface area contributed by atoms with E-state index < -0.39 is 0 Å². The Kier molecular flexibility index (Phi) is 4.15. The first-order valence-electron chi connectivity index (χ1n) is 6.18. The molecule has 5 heteroatoms. The van der Waals surface area contributed by atoms with Gasteiger partial charge in [-0.3, -0.25) is 5.10 Å². The van der Waals surface area contributed by atoms with Gasteiger partial charge in [0, 0.05) is 37.4 Å². The normalized spacial score (nSPS) is 21.9. The molecular weight excluding hydrogens is 216 g/mol. The number of H-pyrrole nitrogens is 1. The number of aryl methyl sites for hydroxylation is 2. The van der Waals surface area contributed by atoms with Crippen LogP contribution < -0.4 is 5.32 Å². The fraction of sp³-hybridized carbons (Fsp3) is 0.750. The van der Waals surface area contributed by atoms with Crippen LogP contribution in [0.5, 0.6) is 0 Å². The summed E-state index contributed by atoms with van der Waals surface area (Å²) in [7, 11) is 2.14. The molecule has 1 saturated heterocycles. The summed E-state index contributed by atoms with van der Waals surface area (Å²) in [5, 5.41) is 10.6. The highest BCUT2D eigenvalue weighted by Gasteiger charge is 2.17. The highest BCUT2D eigenvalue weighted by atomic mass is 16.5.